The second-order valence-corrected chi connectivity index (χ2v) is 6.63. The fourth-order valence-corrected chi connectivity index (χ4v) is 3.07. The number of rotatable bonds is 2. The molecule has 0 bridgehead atoms. The first-order valence-corrected chi connectivity index (χ1v) is 7.12. The maximum Gasteiger partial charge on any atom is 0.416 e. The molecule has 0 radical (unpaired) electrons. The van der Waals surface area contributed by atoms with Gasteiger partial charge < -0.3 is 5.32 Å². The molecule has 112 valence electrons. The third-order valence-electron chi connectivity index (χ3n) is 4.12. The normalized spacial score (nSPS) is 22.6. The van der Waals surface area contributed by atoms with E-state index in [0.717, 1.165) is 19.3 Å². The van der Waals surface area contributed by atoms with Crippen LogP contribution in [0, 0.1) is 12.3 Å². The summed E-state index contributed by atoms with van der Waals surface area (Å²) in [6.07, 6.45) is 0.0596. The molecule has 0 aliphatic heterocycles. The lowest BCUT2D eigenvalue weighted by Crippen LogP contribution is -2.31. The van der Waals surface area contributed by atoms with Gasteiger partial charge in [-0.1, -0.05) is 26.3 Å². The topological polar surface area (TPSA) is 12.0 Å². The van der Waals surface area contributed by atoms with Gasteiger partial charge in [0.05, 0.1) is 5.56 Å². The molecule has 0 amide bonds. The fourth-order valence-electron chi connectivity index (χ4n) is 3.07. The number of anilines is 1. The lowest BCUT2D eigenvalue weighted by molar-refractivity contribution is -0.138. The monoisotopic (exact) mass is 285 g/mol. The van der Waals surface area contributed by atoms with Crippen molar-refractivity contribution >= 4 is 5.69 Å². The number of alkyl halides is 3. The standard InChI is InChI=1S/C16H22F3N/c1-11-6-7-12(9-14(11)16(17,18)19)20-13-5-4-8-15(2,3)10-13/h6-7,9,13,20H,4-5,8,10H2,1-3H3. The summed E-state index contributed by atoms with van der Waals surface area (Å²) in [5.74, 6) is 0. The molecule has 2 rings (SSSR count). The number of halogens is 3. The lowest BCUT2D eigenvalue weighted by Gasteiger charge is -2.36. The first-order valence-electron chi connectivity index (χ1n) is 7.12. The molecule has 1 aliphatic carbocycles. The quantitative estimate of drug-likeness (QED) is 0.767. The van der Waals surface area contributed by atoms with Gasteiger partial charge in [0.1, 0.15) is 0 Å². The van der Waals surface area contributed by atoms with Crippen molar-refractivity contribution in [3.63, 3.8) is 0 Å². The summed E-state index contributed by atoms with van der Waals surface area (Å²) in [5, 5.41) is 3.28. The molecule has 1 aromatic rings. The summed E-state index contributed by atoms with van der Waals surface area (Å²) in [4.78, 5) is 0. The van der Waals surface area contributed by atoms with E-state index < -0.39 is 11.7 Å². The lowest BCUT2D eigenvalue weighted by atomic mass is 9.75. The van der Waals surface area contributed by atoms with Gasteiger partial charge in [-0.2, -0.15) is 13.2 Å². The van der Waals surface area contributed by atoms with Crippen molar-refractivity contribution < 1.29 is 13.2 Å². The molecule has 0 aromatic heterocycles. The number of hydrogen-bond acceptors (Lipinski definition) is 1. The average Bonchev–Trinajstić information content (AvgIpc) is 2.29. The maximum atomic E-state index is 12.9. The van der Waals surface area contributed by atoms with E-state index in [1.165, 1.54) is 19.4 Å². The molecule has 1 aliphatic rings. The van der Waals surface area contributed by atoms with E-state index >= 15 is 0 Å². The molecule has 20 heavy (non-hydrogen) atoms. The largest absolute Gasteiger partial charge is 0.416 e. The summed E-state index contributed by atoms with van der Waals surface area (Å²) in [7, 11) is 0. The molecule has 1 atom stereocenters. The molecule has 0 heterocycles. The minimum Gasteiger partial charge on any atom is -0.382 e. The predicted octanol–water partition coefficient (Wildman–Crippen LogP) is 5.39. The summed E-state index contributed by atoms with van der Waals surface area (Å²) in [5.41, 5.74) is 0.572. The van der Waals surface area contributed by atoms with Crippen LogP contribution in [0.3, 0.4) is 0 Å². The zero-order valence-electron chi connectivity index (χ0n) is 12.3. The summed E-state index contributed by atoms with van der Waals surface area (Å²) in [6.45, 7) is 5.94. The van der Waals surface area contributed by atoms with Crippen LogP contribution in [0.2, 0.25) is 0 Å². The van der Waals surface area contributed by atoms with Gasteiger partial charge in [0, 0.05) is 11.7 Å². The van der Waals surface area contributed by atoms with Gasteiger partial charge in [0.25, 0.3) is 0 Å². The van der Waals surface area contributed by atoms with Crippen LogP contribution in [0.25, 0.3) is 0 Å². The highest BCUT2D eigenvalue weighted by Gasteiger charge is 2.33. The smallest absolute Gasteiger partial charge is 0.382 e. The van der Waals surface area contributed by atoms with Crippen LogP contribution in [0.4, 0.5) is 18.9 Å². The van der Waals surface area contributed by atoms with Crippen molar-refractivity contribution in [2.75, 3.05) is 5.32 Å². The summed E-state index contributed by atoms with van der Waals surface area (Å²) in [6, 6.07) is 4.78. The first-order chi connectivity index (χ1) is 9.17. The second-order valence-electron chi connectivity index (χ2n) is 6.63. The zero-order valence-corrected chi connectivity index (χ0v) is 12.3. The zero-order chi connectivity index (χ0) is 15.0. The van der Waals surface area contributed by atoms with Gasteiger partial charge >= 0.3 is 6.18 Å². The molecular weight excluding hydrogens is 263 g/mol. The minimum absolute atomic E-state index is 0.266. The van der Waals surface area contributed by atoms with Crippen molar-refractivity contribution in [2.45, 2.75) is 58.7 Å². The highest BCUT2D eigenvalue weighted by molar-refractivity contribution is 5.50. The molecule has 0 saturated heterocycles. The van der Waals surface area contributed by atoms with Gasteiger partial charge in [-0.15, -0.1) is 0 Å². The van der Waals surface area contributed by atoms with E-state index in [2.05, 4.69) is 19.2 Å². The van der Waals surface area contributed by atoms with E-state index in [4.69, 9.17) is 0 Å². The molecule has 1 unspecified atom stereocenters. The Morgan fingerprint density at radius 2 is 1.95 bits per heavy atom. The SMILES string of the molecule is Cc1ccc(NC2CCCC(C)(C)C2)cc1C(F)(F)F. The van der Waals surface area contributed by atoms with Gasteiger partial charge in [0.15, 0.2) is 0 Å². The van der Waals surface area contributed by atoms with Crippen molar-refractivity contribution in [3.05, 3.63) is 29.3 Å². The Morgan fingerprint density at radius 1 is 1.25 bits per heavy atom. The van der Waals surface area contributed by atoms with Gasteiger partial charge in [-0.05, 0) is 49.3 Å². The number of hydrogen-bond donors (Lipinski definition) is 1. The van der Waals surface area contributed by atoms with Crippen LogP contribution < -0.4 is 5.32 Å². The Bertz CT molecular complexity index is 477. The van der Waals surface area contributed by atoms with Crippen LogP contribution in [0.1, 0.15) is 50.7 Å². The van der Waals surface area contributed by atoms with E-state index in [-0.39, 0.29) is 17.0 Å². The van der Waals surface area contributed by atoms with E-state index in [9.17, 15) is 13.2 Å². The Morgan fingerprint density at radius 3 is 2.55 bits per heavy atom. The molecule has 1 fully saturated rings. The molecule has 1 N–H and O–H groups in total. The van der Waals surface area contributed by atoms with E-state index in [1.54, 1.807) is 12.1 Å². The predicted molar refractivity (Wildman–Crippen MR) is 75.8 cm³/mol. The Kier molecular flexibility index (Phi) is 4.03. The number of nitrogens with one attached hydrogen (secondary N) is 1. The first kappa shape index (κ1) is 15.2. The van der Waals surface area contributed by atoms with E-state index in [1.807, 2.05) is 0 Å². The summed E-state index contributed by atoms with van der Waals surface area (Å²) >= 11 is 0. The molecular formula is C16H22F3N. The molecule has 1 aromatic carbocycles. The molecule has 1 nitrogen and oxygen atoms in total. The Labute approximate surface area is 118 Å². The van der Waals surface area contributed by atoms with Crippen LogP contribution in [0.5, 0.6) is 0 Å². The minimum atomic E-state index is -4.28. The fraction of sp³-hybridized carbons (Fsp3) is 0.625. The number of aryl methyl sites for hydroxylation is 1. The van der Waals surface area contributed by atoms with Crippen LogP contribution in [-0.2, 0) is 6.18 Å². The highest BCUT2D eigenvalue weighted by atomic mass is 19.4. The highest BCUT2D eigenvalue weighted by Crippen LogP contribution is 2.37. The second kappa shape index (κ2) is 5.30. The number of benzene rings is 1. The van der Waals surface area contributed by atoms with Crippen molar-refractivity contribution in [1.29, 1.82) is 0 Å². The van der Waals surface area contributed by atoms with Gasteiger partial charge in [0.2, 0.25) is 0 Å². The van der Waals surface area contributed by atoms with Crippen LogP contribution in [-0.4, -0.2) is 6.04 Å². The van der Waals surface area contributed by atoms with Crippen molar-refractivity contribution in [2.24, 2.45) is 5.41 Å². The Hall–Kier alpha value is -1.19. The van der Waals surface area contributed by atoms with Crippen molar-refractivity contribution in [3.8, 4) is 0 Å². The third-order valence-corrected chi connectivity index (χ3v) is 4.12. The van der Waals surface area contributed by atoms with Gasteiger partial charge in [-0.3, -0.25) is 0 Å². The van der Waals surface area contributed by atoms with Crippen LogP contribution >= 0.6 is 0 Å². The Balaban J connectivity index is 2.14. The van der Waals surface area contributed by atoms with E-state index in [0.29, 0.717) is 5.69 Å². The third kappa shape index (κ3) is 3.68. The summed E-state index contributed by atoms with van der Waals surface area (Å²) < 4.78 is 38.7. The maximum absolute atomic E-state index is 12.9. The van der Waals surface area contributed by atoms with Crippen LogP contribution in [0.15, 0.2) is 18.2 Å². The van der Waals surface area contributed by atoms with Gasteiger partial charge in [-0.25, -0.2) is 0 Å². The van der Waals surface area contributed by atoms with Crippen molar-refractivity contribution in [1.82, 2.24) is 0 Å². The molecule has 4 heteroatoms. The average molecular weight is 285 g/mol. The molecule has 1 saturated carbocycles. The molecule has 0 spiro atoms.